The summed E-state index contributed by atoms with van der Waals surface area (Å²) in [6, 6.07) is 4.92. The van der Waals surface area contributed by atoms with Crippen LogP contribution in [-0.2, 0) is 0 Å². The fourth-order valence-electron chi connectivity index (χ4n) is 4.08. The molecule has 1 N–H and O–H groups in total. The van der Waals surface area contributed by atoms with Gasteiger partial charge in [0.15, 0.2) is 0 Å². The van der Waals surface area contributed by atoms with Crippen LogP contribution in [0.3, 0.4) is 0 Å². The lowest BCUT2D eigenvalue weighted by atomic mass is 9.96. The Morgan fingerprint density at radius 1 is 1.22 bits per heavy atom. The number of aromatic nitrogens is 2. The van der Waals surface area contributed by atoms with Gasteiger partial charge in [-0.1, -0.05) is 0 Å². The molecule has 1 aromatic carbocycles. The van der Waals surface area contributed by atoms with Crippen molar-refractivity contribution in [2.45, 2.75) is 31.6 Å². The minimum Gasteiger partial charge on any atom is -0.371 e. The molecule has 4 rings (SSSR count). The number of nitrogens with one attached hydrogen (secondary N) is 1. The maximum Gasteiger partial charge on any atom is 0.282 e. The Labute approximate surface area is 157 Å². The molecule has 2 aliphatic rings. The van der Waals surface area contributed by atoms with Crippen molar-refractivity contribution in [3.63, 3.8) is 0 Å². The number of anilines is 1. The normalized spacial score (nSPS) is 20.1. The van der Waals surface area contributed by atoms with Crippen molar-refractivity contribution in [1.29, 1.82) is 0 Å². The highest BCUT2D eigenvalue weighted by molar-refractivity contribution is 5.99. The second-order valence-corrected chi connectivity index (χ2v) is 7.22. The van der Waals surface area contributed by atoms with Crippen molar-refractivity contribution in [2.75, 3.05) is 31.1 Å². The molecular formula is C19H23N5O3. The fraction of sp³-hybridized carbons (Fsp3) is 0.474. The zero-order valence-corrected chi connectivity index (χ0v) is 15.1. The van der Waals surface area contributed by atoms with Crippen LogP contribution < -0.4 is 4.90 Å². The number of likely N-dealkylation sites (tertiary alicyclic amines) is 1. The summed E-state index contributed by atoms with van der Waals surface area (Å²) in [6.07, 6.45) is 7.56. The van der Waals surface area contributed by atoms with Crippen molar-refractivity contribution in [3.05, 3.63) is 52.1 Å². The van der Waals surface area contributed by atoms with Crippen molar-refractivity contribution in [3.8, 4) is 0 Å². The number of nitro benzene ring substituents is 1. The molecule has 1 aromatic heterocycles. The molecule has 8 nitrogen and oxygen atoms in total. The van der Waals surface area contributed by atoms with Crippen LogP contribution in [0, 0.1) is 10.1 Å². The molecule has 2 fully saturated rings. The number of hydrogen-bond donors (Lipinski definition) is 1. The van der Waals surface area contributed by atoms with E-state index >= 15 is 0 Å². The van der Waals surface area contributed by atoms with Gasteiger partial charge in [0.2, 0.25) is 0 Å². The van der Waals surface area contributed by atoms with Gasteiger partial charge in [0.05, 0.1) is 4.92 Å². The molecule has 0 aliphatic carbocycles. The van der Waals surface area contributed by atoms with E-state index < -0.39 is 4.92 Å². The average molecular weight is 369 g/mol. The van der Waals surface area contributed by atoms with Gasteiger partial charge in [0.25, 0.3) is 11.6 Å². The van der Waals surface area contributed by atoms with Gasteiger partial charge in [-0.2, -0.15) is 0 Å². The number of carbonyl (C=O) groups excluding carboxylic acids is 1. The number of carbonyl (C=O) groups is 1. The Kier molecular flexibility index (Phi) is 4.79. The Morgan fingerprint density at radius 3 is 2.74 bits per heavy atom. The number of piperidine rings is 1. The predicted octanol–water partition coefficient (Wildman–Crippen LogP) is 2.94. The average Bonchev–Trinajstić information content (AvgIpc) is 3.41. The van der Waals surface area contributed by atoms with Crippen molar-refractivity contribution in [2.24, 2.45) is 0 Å². The topological polar surface area (TPSA) is 95.4 Å². The molecule has 1 atom stereocenters. The van der Waals surface area contributed by atoms with E-state index in [9.17, 15) is 14.9 Å². The number of aromatic amines is 1. The van der Waals surface area contributed by atoms with E-state index in [1.165, 1.54) is 6.07 Å². The van der Waals surface area contributed by atoms with Crippen molar-refractivity contribution >= 4 is 17.3 Å². The third kappa shape index (κ3) is 3.51. The van der Waals surface area contributed by atoms with E-state index in [1.807, 2.05) is 6.20 Å². The summed E-state index contributed by atoms with van der Waals surface area (Å²) in [6.45, 7) is 2.99. The number of nitrogens with zero attached hydrogens (tertiary/aromatic N) is 4. The second kappa shape index (κ2) is 7.38. The number of hydrogen-bond acceptors (Lipinski definition) is 5. The zero-order chi connectivity index (χ0) is 18.8. The summed E-state index contributed by atoms with van der Waals surface area (Å²) in [4.78, 5) is 35.3. The van der Waals surface area contributed by atoms with E-state index in [0.29, 0.717) is 19.0 Å². The quantitative estimate of drug-likeness (QED) is 0.660. The highest BCUT2D eigenvalue weighted by atomic mass is 16.6. The number of H-pyrrole nitrogens is 1. The van der Waals surface area contributed by atoms with Crippen LogP contribution in [0.15, 0.2) is 30.6 Å². The molecule has 27 heavy (non-hydrogen) atoms. The van der Waals surface area contributed by atoms with Crippen LogP contribution in [0.5, 0.6) is 0 Å². The summed E-state index contributed by atoms with van der Waals surface area (Å²) in [5, 5.41) is 11.4. The van der Waals surface area contributed by atoms with E-state index in [2.05, 4.69) is 14.9 Å². The highest BCUT2D eigenvalue weighted by Crippen LogP contribution is 2.32. The number of nitro groups is 1. The Hall–Kier alpha value is -2.90. The van der Waals surface area contributed by atoms with Gasteiger partial charge >= 0.3 is 0 Å². The van der Waals surface area contributed by atoms with Crippen LogP contribution in [-0.4, -0.2) is 51.9 Å². The first-order valence-corrected chi connectivity index (χ1v) is 9.45. The van der Waals surface area contributed by atoms with E-state index in [-0.39, 0.29) is 17.2 Å². The van der Waals surface area contributed by atoms with Gasteiger partial charge < -0.3 is 14.8 Å². The van der Waals surface area contributed by atoms with E-state index in [1.54, 1.807) is 23.2 Å². The first-order chi connectivity index (χ1) is 13.1. The second-order valence-electron chi connectivity index (χ2n) is 7.22. The molecule has 2 aromatic rings. The number of imidazole rings is 1. The molecule has 142 valence electrons. The monoisotopic (exact) mass is 369 g/mol. The van der Waals surface area contributed by atoms with Gasteiger partial charge in [-0.25, -0.2) is 4.98 Å². The lowest BCUT2D eigenvalue weighted by molar-refractivity contribution is -0.385. The van der Waals surface area contributed by atoms with Crippen LogP contribution in [0.2, 0.25) is 0 Å². The Bertz CT molecular complexity index is 830. The minimum atomic E-state index is -0.463. The maximum absolute atomic E-state index is 12.8. The largest absolute Gasteiger partial charge is 0.371 e. The molecule has 0 saturated carbocycles. The summed E-state index contributed by atoms with van der Waals surface area (Å²) in [5.74, 6) is 1.03. The summed E-state index contributed by atoms with van der Waals surface area (Å²) in [5.41, 5.74) is 0.939. The molecular weight excluding hydrogens is 346 g/mol. The molecule has 8 heteroatoms. The Balaban J connectivity index is 1.62. The molecule has 0 spiro atoms. The van der Waals surface area contributed by atoms with Gasteiger partial charge in [-0.15, -0.1) is 0 Å². The minimum absolute atomic E-state index is 0.116. The van der Waals surface area contributed by atoms with Crippen LogP contribution in [0.25, 0.3) is 0 Å². The number of amides is 1. The first kappa shape index (κ1) is 17.5. The third-order valence-electron chi connectivity index (χ3n) is 5.49. The molecule has 2 aliphatic heterocycles. The summed E-state index contributed by atoms with van der Waals surface area (Å²) in [7, 11) is 0. The number of rotatable bonds is 4. The SMILES string of the molecule is O=C(c1cc(N2CCCC(c3ncc[nH]3)C2)ccc1[N+](=O)[O-])N1CCCC1. The van der Waals surface area contributed by atoms with Gasteiger partial charge in [-0.3, -0.25) is 14.9 Å². The van der Waals surface area contributed by atoms with Crippen LogP contribution in [0.4, 0.5) is 11.4 Å². The summed E-state index contributed by atoms with van der Waals surface area (Å²) >= 11 is 0. The lowest BCUT2D eigenvalue weighted by Crippen LogP contribution is -2.35. The molecule has 0 bridgehead atoms. The molecule has 3 heterocycles. The smallest absolute Gasteiger partial charge is 0.282 e. The van der Waals surface area contributed by atoms with Gasteiger partial charge in [0.1, 0.15) is 11.4 Å². The fourth-order valence-corrected chi connectivity index (χ4v) is 4.08. The van der Waals surface area contributed by atoms with Crippen LogP contribution >= 0.6 is 0 Å². The third-order valence-corrected chi connectivity index (χ3v) is 5.49. The number of benzene rings is 1. The molecule has 2 saturated heterocycles. The van der Waals surface area contributed by atoms with Crippen LogP contribution in [0.1, 0.15) is 47.8 Å². The first-order valence-electron chi connectivity index (χ1n) is 9.45. The van der Waals surface area contributed by atoms with E-state index in [4.69, 9.17) is 0 Å². The molecule has 1 amide bonds. The Morgan fingerprint density at radius 2 is 2.04 bits per heavy atom. The van der Waals surface area contributed by atoms with Crippen molar-refractivity contribution < 1.29 is 9.72 Å². The van der Waals surface area contributed by atoms with E-state index in [0.717, 1.165) is 50.3 Å². The zero-order valence-electron chi connectivity index (χ0n) is 15.1. The van der Waals surface area contributed by atoms with Gasteiger partial charge in [-0.05, 0) is 37.8 Å². The molecule has 1 unspecified atom stereocenters. The lowest BCUT2D eigenvalue weighted by Gasteiger charge is -2.33. The standard InChI is InChI=1S/C19H23N5O3/c25-19(22-9-1-2-10-22)16-12-15(5-6-17(16)24(26)27)23-11-3-4-14(13-23)18-20-7-8-21-18/h5-8,12,14H,1-4,9-11,13H2,(H,20,21). The van der Waals surface area contributed by atoms with Crippen molar-refractivity contribution in [1.82, 2.24) is 14.9 Å². The predicted molar refractivity (Wildman–Crippen MR) is 101 cm³/mol. The van der Waals surface area contributed by atoms with Gasteiger partial charge in [0, 0.05) is 56.2 Å². The summed E-state index contributed by atoms with van der Waals surface area (Å²) < 4.78 is 0. The highest BCUT2D eigenvalue weighted by Gasteiger charge is 2.29. The maximum atomic E-state index is 12.8. The molecule has 0 radical (unpaired) electrons.